The summed E-state index contributed by atoms with van der Waals surface area (Å²) in [7, 11) is 3.62. The van der Waals surface area contributed by atoms with Crippen LogP contribution in [0.1, 0.15) is 26.2 Å². The summed E-state index contributed by atoms with van der Waals surface area (Å²) in [6, 6.07) is 0.431. The third-order valence-electron chi connectivity index (χ3n) is 2.45. The van der Waals surface area contributed by atoms with Gasteiger partial charge in [0.1, 0.15) is 0 Å². The van der Waals surface area contributed by atoms with Gasteiger partial charge in [-0.3, -0.25) is 0 Å². The van der Waals surface area contributed by atoms with Crippen molar-refractivity contribution in [2.45, 2.75) is 38.4 Å². The molecule has 0 rings (SSSR count). The molecule has 2 nitrogen and oxygen atoms in total. The van der Waals surface area contributed by atoms with E-state index >= 15 is 0 Å². The van der Waals surface area contributed by atoms with Crippen molar-refractivity contribution < 1.29 is 13.2 Å². The van der Waals surface area contributed by atoms with Gasteiger partial charge in [-0.1, -0.05) is 0 Å². The highest BCUT2D eigenvalue weighted by atomic mass is 19.4. The van der Waals surface area contributed by atoms with Gasteiger partial charge in [-0.2, -0.15) is 13.2 Å². The number of halogens is 3. The molecule has 0 saturated heterocycles. The number of nitrogens with zero attached hydrogens (tertiary/aromatic N) is 1. The molecule has 0 amide bonds. The van der Waals surface area contributed by atoms with Gasteiger partial charge in [0, 0.05) is 12.6 Å². The lowest BCUT2D eigenvalue weighted by molar-refractivity contribution is -0.137. The largest absolute Gasteiger partial charge is 0.390 e. The molecule has 1 unspecified atom stereocenters. The van der Waals surface area contributed by atoms with Crippen molar-refractivity contribution in [3.05, 3.63) is 0 Å². The number of rotatable bonds is 7. The maximum atomic E-state index is 11.9. The zero-order valence-corrected chi connectivity index (χ0v) is 9.69. The highest BCUT2D eigenvalue weighted by molar-refractivity contribution is 4.61. The van der Waals surface area contributed by atoms with E-state index in [0.29, 0.717) is 6.04 Å². The maximum Gasteiger partial charge on any atom is 0.390 e. The molecule has 0 fully saturated rings. The van der Waals surface area contributed by atoms with Crippen LogP contribution in [0.25, 0.3) is 0 Å². The fraction of sp³-hybridized carbons (Fsp3) is 1.00. The molecule has 15 heavy (non-hydrogen) atoms. The van der Waals surface area contributed by atoms with E-state index in [1.165, 1.54) is 0 Å². The predicted octanol–water partition coefficient (Wildman–Crippen LogP) is 2.26. The molecule has 0 heterocycles. The van der Waals surface area contributed by atoms with Gasteiger partial charge in [0.25, 0.3) is 0 Å². The molecule has 0 aliphatic rings. The van der Waals surface area contributed by atoms with E-state index in [0.717, 1.165) is 19.4 Å². The first-order chi connectivity index (χ1) is 6.85. The van der Waals surface area contributed by atoms with Gasteiger partial charge < -0.3 is 10.2 Å². The molecule has 5 heteroatoms. The van der Waals surface area contributed by atoms with Crippen LogP contribution in [0.15, 0.2) is 0 Å². The minimum Gasteiger partial charge on any atom is -0.317 e. The second-order valence-corrected chi connectivity index (χ2v) is 4.00. The number of hydrogen-bond donors (Lipinski definition) is 1. The van der Waals surface area contributed by atoms with E-state index in [4.69, 9.17) is 0 Å². The fourth-order valence-corrected chi connectivity index (χ4v) is 1.24. The number of hydrogen-bond acceptors (Lipinski definition) is 2. The van der Waals surface area contributed by atoms with Gasteiger partial charge in [-0.25, -0.2) is 0 Å². The van der Waals surface area contributed by atoms with E-state index in [1.807, 2.05) is 7.05 Å². The van der Waals surface area contributed by atoms with Crippen molar-refractivity contribution in [1.29, 1.82) is 0 Å². The molecule has 0 spiro atoms. The lowest BCUT2D eigenvalue weighted by Crippen LogP contribution is -2.27. The minimum absolute atomic E-state index is 0.0947. The quantitative estimate of drug-likeness (QED) is 0.716. The van der Waals surface area contributed by atoms with Crippen LogP contribution in [-0.4, -0.2) is 44.3 Å². The van der Waals surface area contributed by atoms with Crippen LogP contribution < -0.4 is 5.32 Å². The summed E-state index contributed by atoms with van der Waals surface area (Å²) >= 11 is 0. The van der Waals surface area contributed by atoms with Crippen LogP contribution >= 0.6 is 0 Å². The molecule has 0 radical (unpaired) electrons. The summed E-state index contributed by atoms with van der Waals surface area (Å²) in [6.45, 7) is 2.88. The van der Waals surface area contributed by atoms with Gasteiger partial charge in [-0.05, 0) is 40.4 Å². The van der Waals surface area contributed by atoms with E-state index in [9.17, 15) is 13.2 Å². The Labute approximate surface area is 89.8 Å². The first-order valence-electron chi connectivity index (χ1n) is 5.27. The first-order valence-corrected chi connectivity index (χ1v) is 5.27. The Morgan fingerprint density at radius 3 is 2.33 bits per heavy atom. The third kappa shape index (κ3) is 10.0. The van der Waals surface area contributed by atoms with Crippen LogP contribution in [0.4, 0.5) is 13.2 Å². The van der Waals surface area contributed by atoms with Crippen LogP contribution in [0.5, 0.6) is 0 Å². The van der Waals surface area contributed by atoms with Crippen LogP contribution in [-0.2, 0) is 0 Å². The molecule has 1 atom stereocenters. The Morgan fingerprint density at radius 2 is 1.87 bits per heavy atom. The van der Waals surface area contributed by atoms with Crippen molar-refractivity contribution in [2.75, 3.05) is 27.2 Å². The van der Waals surface area contributed by atoms with Crippen LogP contribution in [0.3, 0.4) is 0 Å². The molecule has 0 aromatic heterocycles. The summed E-state index contributed by atoms with van der Waals surface area (Å²) in [5, 5.41) is 3.10. The maximum absolute atomic E-state index is 11.9. The second kappa shape index (κ2) is 7.06. The molecule has 0 bridgehead atoms. The zero-order valence-electron chi connectivity index (χ0n) is 9.69. The molecule has 0 aromatic carbocycles. The summed E-state index contributed by atoms with van der Waals surface area (Å²) in [6.07, 6.45) is -2.83. The monoisotopic (exact) mass is 226 g/mol. The van der Waals surface area contributed by atoms with Crippen molar-refractivity contribution in [3.63, 3.8) is 0 Å². The second-order valence-electron chi connectivity index (χ2n) is 4.00. The standard InChI is InChI=1S/C10H21F3N2/c1-9(14-2)5-4-7-15(3)8-6-10(11,12)13/h9,14H,4-8H2,1-3H3. The Morgan fingerprint density at radius 1 is 1.27 bits per heavy atom. The highest BCUT2D eigenvalue weighted by Crippen LogP contribution is 2.19. The summed E-state index contributed by atoms with van der Waals surface area (Å²) < 4.78 is 35.7. The SMILES string of the molecule is CNC(C)CCCN(C)CCC(F)(F)F. The molecule has 0 aliphatic heterocycles. The Hall–Kier alpha value is -0.290. The minimum atomic E-state index is -4.04. The van der Waals surface area contributed by atoms with Gasteiger partial charge in [0.15, 0.2) is 0 Å². The normalized spacial score (nSPS) is 14.6. The summed E-state index contributed by atoms with van der Waals surface area (Å²) in [4.78, 5) is 1.73. The van der Waals surface area contributed by atoms with Crippen molar-refractivity contribution in [1.82, 2.24) is 10.2 Å². The molecule has 0 aromatic rings. The lowest BCUT2D eigenvalue weighted by atomic mass is 10.2. The van der Waals surface area contributed by atoms with Gasteiger partial charge >= 0.3 is 6.18 Å². The zero-order chi connectivity index (χ0) is 11.9. The first kappa shape index (κ1) is 14.7. The van der Waals surface area contributed by atoms with Gasteiger partial charge in [-0.15, -0.1) is 0 Å². The van der Waals surface area contributed by atoms with Gasteiger partial charge in [0.05, 0.1) is 6.42 Å². The average Bonchev–Trinajstić information content (AvgIpc) is 2.13. The predicted molar refractivity (Wildman–Crippen MR) is 55.9 cm³/mol. The van der Waals surface area contributed by atoms with E-state index < -0.39 is 12.6 Å². The van der Waals surface area contributed by atoms with Crippen molar-refractivity contribution in [3.8, 4) is 0 Å². The van der Waals surface area contributed by atoms with Gasteiger partial charge in [0.2, 0.25) is 0 Å². The smallest absolute Gasteiger partial charge is 0.317 e. The molecular formula is C10H21F3N2. The Balaban J connectivity index is 3.45. The lowest BCUT2D eigenvalue weighted by Gasteiger charge is -2.18. The topological polar surface area (TPSA) is 15.3 Å². The summed E-state index contributed by atoms with van der Waals surface area (Å²) in [5.74, 6) is 0. The Bertz CT molecular complexity index is 159. The third-order valence-corrected chi connectivity index (χ3v) is 2.45. The molecule has 0 saturated carbocycles. The number of alkyl halides is 3. The highest BCUT2D eigenvalue weighted by Gasteiger charge is 2.26. The van der Waals surface area contributed by atoms with Crippen LogP contribution in [0, 0.1) is 0 Å². The van der Waals surface area contributed by atoms with E-state index in [-0.39, 0.29) is 6.54 Å². The fourth-order valence-electron chi connectivity index (χ4n) is 1.24. The molecule has 1 N–H and O–H groups in total. The molecular weight excluding hydrogens is 205 g/mol. The van der Waals surface area contributed by atoms with Crippen LogP contribution in [0.2, 0.25) is 0 Å². The van der Waals surface area contributed by atoms with Crippen molar-refractivity contribution in [2.24, 2.45) is 0 Å². The number of nitrogens with one attached hydrogen (secondary N) is 1. The average molecular weight is 226 g/mol. The molecule has 0 aliphatic carbocycles. The van der Waals surface area contributed by atoms with E-state index in [1.54, 1.807) is 11.9 Å². The summed E-state index contributed by atoms with van der Waals surface area (Å²) in [5.41, 5.74) is 0. The van der Waals surface area contributed by atoms with E-state index in [2.05, 4.69) is 12.2 Å². The molecule has 92 valence electrons. The van der Waals surface area contributed by atoms with Crippen molar-refractivity contribution >= 4 is 0 Å². The Kier molecular flexibility index (Phi) is 6.92.